The SMILES string of the molecule is CCC(CC)(OC)C(N)c1cc(F)ccc1Cl. The lowest BCUT2D eigenvalue weighted by Gasteiger charge is -2.36. The third kappa shape index (κ3) is 2.79. The summed E-state index contributed by atoms with van der Waals surface area (Å²) < 4.78 is 18.8. The zero-order valence-electron chi connectivity index (χ0n) is 10.5. The molecule has 0 aliphatic heterocycles. The first-order valence-electron chi connectivity index (χ1n) is 5.76. The third-order valence-electron chi connectivity index (χ3n) is 3.46. The number of hydrogen-bond donors (Lipinski definition) is 1. The van der Waals surface area contributed by atoms with E-state index in [1.165, 1.54) is 18.2 Å². The van der Waals surface area contributed by atoms with Gasteiger partial charge in [0.15, 0.2) is 0 Å². The Labute approximate surface area is 107 Å². The van der Waals surface area contributed by atoms with Gasteiger partial charge in [0.2, 0.25) is 0 Å². The van der Waals surface area contributed by atoms with E-state index in [2.05, 4.69) is 0 Å². The Kier molecular flexibility index (Phi) is 4.92. The molecule has 0 heterocycles. The molecule has 1 atom stereocenters. The second-order valence-electron chi connectivity index (χ2n) is 4.12. The summed E-state index contributed by atoms with van der Waals surface area (Å²) in [5.74, 6) is -0.336. The zero-order valence-corrected chi connectivity index (χ0v) is 11.2. The molecule has 1 unspecified atom stereocenters. The number of ether oxygens (including phenoxy) is 1. The summed E-state index contributed by atoms with van der Waals surface area (Å²) in [5, 5.41) is 0.474. The van der Waals surface area contributed by atoms with Crippen molar-refractivity contribution in [3.05, 3.63) is 34.6 Å². The van der Waals surface area contributed by atoms with Gasteiger partial charge in [0.05, 0.1) is 11.6 Å². The van der Waals surface area contributed by atoms with E-state index in [-0.39, 0.29) is 5.82 Å². The fraction of sp³-hybridized carbons (Fsp3) is 0.538. The van der Waals surface area contributed by atoms with Crippen LogP contribution in [0.15, 0.2) is 18.2 Å². The lowest BCUT2D eigenvalue weighted by Crippen LogP contribution is -2.42. The van der Waals surface area contributed by atoms with Crippen molar-refractivity contribution in [2.45, 2.75) is 38.3 Å². The van der Waals surface area contributed by atoms with Gasteiger partial charge in [0.1, 0.15) is 5.82 Å². The molecule has 96 valence electrons. The fourth-order valence-electron chi connectivity index (χ4n) is 2.14. The number of hydrogen-bond acceptors (Lipinski definition) is 2. The van der Waals surface area contributed by atoms with E-state index in [4.69, 9.17) is 22.1 Å². The first kappa shape index (κ1) is 14.4. The van der Waals surface area contributed by atoms with Crippen molar-refractivity contribution in [2.75, 3.05) is 7.11 Å². The van der Waals surface area contributed by atoms with Gasteiger partial charge in [0.25, 0.3) is 0 Å². The molecule has 0 radical (unpaired) electrons. The molecule has 0 amide bonds. The van der Waals surface area contributed by atoms with Crippen molar-refractivity contribution in [1.29, 1.82) is 0 Å². The Morgan fingerprint density at radius 3 is 2.47 bits per heavy atom. The van der Waals surface area contributed by atoms with Crippen molar-refractivity contribution in [2.24, 2.45) is 5.73 Å². The van der Waals surface area contributed by atoms with Gasteiger partial charge in [-0.1, -0.05) is 25.4 Å². The van der Waals surface area contributed by atoms with E-state index in [1.807, 2.05) is 13.8 Å². The Balaban J connectivity index is 3.17. The second-order valence-corrected chi connectivity index (χ2v) is 4.53. The molecule has 2 nitrogen and oxygen atoms in total. The zero-order chi connectivity index (χ0) is 13.1. The van der Waals surface area contributed by atoms with Crippen LogP contribution < -0.4 is 5.73 Å². The van der Waals surface area contributed by atoms with Gasteiger partial charge in [-0.3, -0.25) is 0 Å². The van der Waals surface area contributed by atoms with Gasteiger partial charge in [-0.2, -0.15) is 0 Å². The van der Waals surface area contributed by atoms with Crippen LogP contribution >= 0.6 is 11.6 Å². The molecule has 0 spiro atoms. The number of nitrogens with two attached hydrogens (primary N) is 1. The molecule has 0 saturated heterocycles. The predicted molar refractivity (Wildman–Crippen MR) is 68.7 cm³/mol. The van der Waals surface area contributed by atoms with E-state index in [0.717, 1.165) is 12.8 Å². The highest BCUT2D eigenvalue weighted by Crippen LogP contribution is 2.36. The quantitative estimate of drug-likeness (QED) is 0.875. The van der Waals surface area contributed by atoms with Gasteiger partial charge >= 0.3 is 0 Å². The van der Waals surface area contributed by atoms with Gasteiger partial charge in [-0.15, -0.1) is 0 Å². The lowest BCUT2D eigenvalue weighted by atomic mass is 9.84. The molecule has 0 aliphatic carbocycles. The molecule has 0 aliphatic rings. The standard InChI is InChI=1S/C13H19ClFNO/c1-4-13(5-2,17-3)12(16)10-8-9(15)6-7-11(10)14/h6-8,12H,4-5,16H2,1-3H3. The summed E-state index contributed by atoms with van der Waals surface area (Å²) in [6.07, 6.45) is 1.49. The number of rotatable bonds is 5. The molecule has 0 aromatic heterocycles. The Hall–Kier alpha value is -0.640. The molecule has 1 aromatic rings. The maximum Gasteiger partial charge on any atom is 0.123 e. The minimum atomic E-state index is -0.503. The second kappa shape index (κ2) is 5.80. The number of methoxy groups -OCH3 is 1. The summed E-state index contributed by atoms with van der Waals surface area (Å²) >= 11 is 6.07. The molecule has 1 rings (SSSR count). The topological polar surface area (TPSA) is 35.2 Å². The highest BCUT2D eigenvalue weighted by molar-refractivity contribution is 6.31. The van der Waals surface area contributed by atoms with Crippen LogP contribution in [0.25, 0.3) is 0 Å². The van der Waals surface area contributed by atoms with Crippen LogP contribution in [0, 0.1) is 5.82 Å². The smallest absolute Gasteiger partial charge is 0.123 e. The summed E-state index contributed by atoms with van der Waals surface area (Å²) in [6.45, 7) is 4.00. The third-order valence-corrected chi connectivity index (χ3v) is 3.81. The van der Waals surface area contributed by atoms with Gasteiger partial charge in [-0.25, -0.2) is 4.39 Å². The van der Waals surface area contributed by atoms with Crippen LogP contribution in [0.2, 0.25) is 5.02 Å². The van der Waals surface area contributed by atoms with E-state index < -0.39 is 11.6 Å². The van der Waals surface area contributed by atoms with E-state index in [1.54, 1.807) is 7.11 Å². The average Bonchev–Trinajstić information content (AvgIpc) is 2.35. The molecule has 2 N–H and O–H groups in total. The van der Waals surface area contributed by atoms with Crippen LogP contribution in [0.3, 0.4) is 0 Å². The Bertz CT molecular complexity index is 371. The van der Waals surface area contributed by atoms with E-state index in [0.29, 0.717) is 10.6 Å². The van der Waals surface area contributed by atoms with Crippen LogP contribution in [0.4, 0.5) is 4.39 Å². The van der Waals surface area contributed by atoms with Gasteiger partial charge in [-0.05, 0) is 36.6 Å². The van der Waals surface area contributed by atoms with E-state index >= 15 is 0 Å². The molecule has 17 heavy (non-hydrogen) atoms. The largest absolute Gasteiger partial charge is 0.376 e. The van der Waals surface area contributed by atoms with Crippen molar-refractivity contribution < 1.29 is 9.13 Å². The van der Waals surface area contributed by atoms with Gasteiger partial charge in [0, 0.05) is 12.1 Å². The van der Waals surface area contributed by atoms with E-state index in [9.17, 15) is 4.39 Å². The number of benzene rings is 1. The van der Waals surface area contributed by atoms with Crippen molar-refractivity contribution in [3.8, 4) is 0 Å². The van der Waals surface area contributed by atoms with Crippen molar-refractivity contribution >= 4 is 11.6 Å². The summed E-state index contributed by atoms with van der Waals surface area (Å²) in [4.78, 5) is 0. The first-order valence-corrected chi connectivity index (χ1v) is 6.14. The molecular formula is C13H19ClFNO. The van der Waals surface area contributed by atoms with Crippen LogP contribution in [-0.4, -0.2) is 12.7 Å². The molecule has 1 aromatic carbocycles. The minimum absolute atomic E-state index is 0.336. The minimum Gasteiger partial charge on any atom is -0.376 e. The first-order chi connectivity index (χ1) is 8.00. The Morgan fingerprint density at radius 2 is 2.00 bits per heavy atom. The summed E-state index contributed by atoms with van der Waals surface area (Å²) in [6, 6.07) is 3.79. The fourth-order valence-corrected chi connectivity index (χ4v) is 2.38. The van der Waals surface area contributed by atoms with Crippen molar-refractivity contribution in [1.82, 2.24) is 0 Å². The molecule has 0 fully saturated rings. The maximum absolute atomic E-state index is 13.3. The normalized spacial score (nSPS) is 13.8. The van der Waals surface area contributed by atoms with Gasteiger partial charge < -0.3 is 10.5 Å². The lowest BCUT2D eigenvalue weighted by molar-refractivity contribution is -0.0386. The molecule has 4 heteroatoms. The summed E-state index contributed by atoms with van der Waals surface area (Å²) in [7, 11) is 1.63. The van der Waals surface area contributed by atoms with Crippen molar-refractivity contribution in [3.63, 3.8) is 0 Å². The highest BCUT2D eigenvalue weighted by atomic mass is 35.5. The number of halogens is 2. The highest BCUT2D eigenvalue weighted by Gasteiger charge is 2.35. The molecular weight excluding hydrogens is 241 g/mol. The molecule has 0 saturated carbocycles. The Morgan fingerprint density at radius 1 is 1.41 bits per heavy atom. The summed E-state index contributed by atoms with van der Waals surface area (Å²) in [5.41, 5.74) is 6.29. The van der Waals surface area contributed by atoms with Crippen LogP contribution in [0.5, 0.6) is 0 Å². The van der Waals surface area contributed by atoms with Crippen LogP contribution in [0.1, 0.15) is 38.3 Å². The predicted octanol–water partition coefficient (Wildman–Crippen LogP) is 3.68. The average molecular weight is 260 g/mol. The maximum atomic E-state index is 13.3. The van der Waals surface area contributed by atoms with Crippen LogP contribution in [-0.2, 0) is 4.74 Å². The molecule has 0 bridgehead atoms. The monoisotopic (exact) mass is 259 g/mol.